The number of nitrogens with one attached hydrogen (secondary N) is 1. The zero-order valence-corrected chi connectivity index (χ0v) is 16.0. The second-order valence-corrected chi connectivity index (χ2v) is 6.84. The molecular formula is C20H21N5O3. The molecule has 0 fully saturated rings. The molecule has 1 atom stereocenters. The highest BCUT2D eigenvalue weighted by atomic mass is 16.3. The van der Waals surface area contributed by atoms with Crippen molar-refractivity contribution in [2.45, 2.75) is 39.8 Å². The molecule has 8 nitrogen and oxygen atoms in total. The number of nitrogens with zero attached hydrogens (tertiary/aromatic N) is 4. The quantitative estimate of drug-likeness (QED) is 0.575. The van der Waals surface area contributed by atoms with Crippen LogP contribution >= 0.6 is 0 Å². The first kappa shape index (κ1) is 18.0. The van der Waals surface area contributed by atoms with E-state index < -0.39 is 0 Å². The maximum absolute atomic E-state index is 12.8. The van der Waals surface area contributed by atoms with E-state index in [0.29, 0.717) is 16.9 Å². The number of hydrogen-bond donors (Lipinski definition) is 1. The molecular weight excluding hydrogens is 358 g/mol. The minimum atomic E-state index is -0.250. The molecule has 4 aromatic heterocycles. The van der Waals surface area contributed by atoms with Gasteiger partial charge in [0.15, 0.2) is 5.58 Å². The number of amides is 1. The van der Waals surface area contributed by atoms with Gasteiger partial charge in [-0.2, -0.15) is 5.10 Å². The summed E-state index contributed by atoms with van der Waals surface area (Å²) >= 11 is 0. The Morgan fingerprint density at radius 3 is 2.82 bits per heavy atom. The number of aromatic nitrogens is 4. The summed E-state index contributed by atoms with van der Waals surface area (Å²) < 4.78 is 8.74. The number of carbonyl (C=O) groups is 1. The first-order valence-corrected chi connectivity index (χ1v) is 9.13. The second-order valence-electron chi connectivity index (χ2n) is 6.84. The van der Waals surface area contributed by atoms with Crippen LogP contribution in [-0.4, -0.2) is 25.1 Å². The third-order valence-corrected chi connectivity index (χ3v) is 4.72. The second kappa shape index (κ2) is 6.95. The molecule has 4 heterocycles. The Labute approximate surface area is 160 Å². The molecule has 0 saturated carbocycles. The maximum Gasteiger partial charge on any atom is 0.291 e. The average molecular weight is 379 g/mol. The molecule has 1 N–H and O–H groups in total. The summed E-state index contributed by atoms with van der Waals surface area (Å²) in [5.74, 6) is 1.28. The Morgan fingerprint density at radius 2 is 2.07 bits per heavy atom. The maximum atomic E-state index is 12.8. The molecule has 1 unspecified atom stereocenters. The van der Waals surface area contributed by atoms with E-state index in [0.717, 1.165) is 17.0 Å². The van der Waals surface area contributed by atoms with Crippen LogP contribution in [0.4, 0.5) is 0 Å². The van der Waals surface area contributed by atoms with Crippen molar-refractivity contribution in [2.75, 3.05) is 0 Å². The van der Waals surface area contributed by atoms with Gasteiger partial charge in [-0.15, -0.1) is 0 Å². The lowest BCUT2D eigenvalue weighted by molar-refractivity contribution is -0.122. The number of fused-ring (bicyclic) bond motifs is 3. The van der Waals surface area contributed by atoms with Crippen LogP contribution in [-0.2, 0) is 11.3 Å². The summed E-state index contributed by atoms with van der Waals surface area (Å²) in [7, 11) is 0. The fourth-order valence-corrected chi connectivity index (χ4v) is 3.40. The SMILES string of the molecule is Cc1cc2c(cc3c(=O)n(CCC(=O)NC(C)c4ccccn4)nc(C)n32)o1. The molecule has 0 aliphatic carbocycles. The predicted octanol–water partition coefficient (Wildman–Crippen LogP) is 2.52. The van der Waals surface area contributed by atoms with Crippen LogP contribution in [0.15, 0.2) is 45.7 Å². The third-order valence-electron chi connectivity index (χ3n) is 4.72. The summed E-state index contributed by atoms with van der Waals surface area (Å²) in [6.07, 6.45) is 1.84. The van der Waals surface area contributed by atoms with Crippen molar-refractivity contribution in [3.05, 3.63) is 64.2 Å². The van der Waals surface area contributed by atoms with E-state index in [2.05, 4.69) is 15.4 Å². The monoisotopic (exact) mass is 379 g/mol. The number of rotatable bonds is 5. The molecule has 0 bridgehead atoms. The van der Waals surface area contributed by atoms with E-state index in [-0.39, 0.29) is 30.5 Å². The van der Waals surface area contributed by atoms with Crippen molar-refractivity contribution in [3.8, 4) is 0 Å². The Balaban J connectivity index is 1.52. The van der Waals surface area contributed by atoms with Gasteiger partial charge in [0, 0.05) is 24.8 Å². The first-order chi connectivity index (χ1) is 13.4. The largest absolute Gasteiger partial charge is 0.460 e. The minimum Gasteiger partial charge on any atom is -0.460 e. The van der Waals surface area contributed by atoms with Gasteiger partial charge >= 0.3 is 0 Å². The van der Waals surface area contributed by atoms with Crippen LogP contribution in [0.1, 0.15) is 36.7 Å². The van der Waals surface area contributed by atoms with E-state index in [9.17, 15) is 9.59 Å². The summed E-state index contributed by atoms with van der Waals surface area (Å²) in [5.41, 5.74) is 2.50. The molecule has 4 rings (SSSR count). The lowest BCUT2D eigenvalue weighted by Gasteiger charge is -2.13. The topological polar surface area (TPSA) is 94.4 Å². The summed E-state index contributed by atoms with van der Waals surface area (Å²) in [5, 5.41) is 7.27. The zero-order chi connectivity index (χ0) is 19.8. The smallest absolute Gasteiger partial charge is 0.291 e. The predicted molar refractivity (Wildman–Crippen MR) is 104 cm³/mol. The summed E-state index contributed by atoms with van der Waals surface area (Å²) in [6, 6.07) is 8.96. The molecule has 0 saturated heterocycles. The number of pyridine rings is 1. The van der Waals surface area contributed by atoms with Crippen LogP contribution in [0.3, 0.4) is 0 Å². The molecule has 28 heavy (non-hydrogen) atoms. The highest BCUT2D eigenvalue weighted by molar-refractivity contribution is 5.83. The lowest BCUT2D eigenvalue weighted by Crippen LogP contribution is -2.31. The molecule has 144 valence electrons. The first-order valence-electron chi connectivity index (χ1n) is 9.13. The number of aryl methyl sites for hydroxylation is 3. The minimum absolute atomic E-state index is 0.148. The van der Waals surface area contributed by atoms with Crippen LogP contribution in [0, 0.1) is 13.8 Å². The van der Waals surface area contributed by atoms with E-state index in [1.54, 1.807) is 16.7 Å². The van der Waals surface area contributed by atoms with Crippen LogP contribution in [0.2, 0.25) is 0 Å². The van der Waals surface area contributed by atoms with E-state index in [4.69, 9.17) is 4.42 Å². The van der Waals surface area contributed by atoms with Crippen molar-refractivity contribution in [3.63, 3.8) is 0 Å². The van der Waals surface area contributed by atoms with Gasteiger partial charge in [-0.1, -0.05) is 6.07 Å². The fraction of sp³-hybridized carbons (Fsp3) is 0.300. The molecule has 0 aliphatic heterocycles. The van der Waals surface area contributed by atoms with Crippen molar-refractivity contribution in [1.29, 1.82) is 0 Å². The highest BCUT2D eigenvalue weighted by Gasteiger charge is 2.16. The van der Waals surface area contributed by atoms with Gasteiger partial charge < -0.3 is 9.73 Å². The van der Waals surface area contributed by atoms with Crippen molar-refractivity contribution in [1.82, 2.24) is 24.5 Å². The van der Waals surface area contributed by atoms with E-state index in [1.807, 2.05) is 45.0 Å². The Bertz CT molecular complexity index is 1220. The highest BCUT2D eigenvalue weighted by Crippen LogP contribution is 2.22. The summed E-state index contributed by atoms with van der Waals surface area (Å²) in [4.78, 5) is 29.3. The Morgan fingerprint density at radius 1 is 1.25 bits per heavy atom. The van der Waals surface area contributed by atoms with Crippen LogP contribution in [0.5, 0.6) is 0 Å². The normalized spacial score (nSPS) is 12.5. The molecule has 0 aromatic carbocycles. The van der Waals surface area contributed by atoms with Gasteiger partial charge in [-0.25, -0.2) is 4.68 Å². The number of hydrogen-bond acceptors (Lipinski definition) is 5. The van der Waals surface area contributed by atoms with Crippen LogP contribution in [0.25, 0.3) is 16.6 Å². The van der Waals surface area contributed by atoms with E-state index >= 15 is 0 Å². The Kier molecular flexibility index (Phi) is 4.46. The molecule has 0 spiro atoms. The van der Waals surface area contributed by atoms with Gasteiger partial charge in [0.1, 0.15) is 17.1 Å². The Hall–Kier alpha value is -3.42. The molecule has 1 amide bonds. The van der Waals surface area contributed by atoms with Gasteiger partial charge in [-0.05, 0) is 32.9 Å². The molecule has 4 aromatic rings. The van der Waals surface area contributed by atoms with Gasteiger partial charge in [0.2, 0.25) is 5.91 Å². The van der Waals surface area contributed by atoms with Crippen molar-refractivity contribution >= 4 is 22.5 Å². The van der Waals surface area contributed by atoms with E-state index in [1.165, 1.54) is 4.68 Å². The standard InChI is InChI=1S/C20H21N5O3/c1-12-10-16-18(28-12)11-17-20(27)24(23-14(3)25(16)17)9-7-19(26)22-13(2)15-6-4-5-8-21-15/h4-6,8,10-11,13H,7,9H2,1-3H3,(H,22,26). The number of furan rings is 1. The lowest BCUT2D eigenvalue weighted by atomic mass is 10.2. The van der Waals surface area contributed by atoms with Crippen molar-refractivity contribution in [2.24, 2.45) is 0 Å². The number of carbonyl (C=O) groups excluding carboxylic acids is 1. The summed E-state index contributed by atoms with van der Waals surface area (Å²) in [6.45, 7) is 5.76. The molecule has 0 aliphatic rings. The van der Waals surface area contributed by atoms with Crippen LogP contribution < -0.4 is 10.9 Å². The van der Waals surface area contributed by atoms with Gasteiger partial charge in [0.25, 0.3) is 5.56 Å². The third kappa shape index (κ3) is 3.17. The van der Waals surface area contributed by atoms with Crippen molar-refractivity contribution < 1.29 is 9.21 Å². The molecule has 8 heteroatoms. The fourth-order valence-electron chi connectivity index (χ4n) is 3.40. The average Bonchev–Trinajstić information content (AvgIpc) is 3.20. The van der Waals surface area contributed by atoms with Gasteiger partial charge in [0.05, 0.1) is 23.8 Å². The molecule has 0 radical (unpaired) electrons. The zero-order valence-electron chi connectivity index (χ0n) is 16.0. The van der Waals surface area contributed by atoms with Gasteiger partial charge in [-0.3, -0.25) is 19.0 Å².